The lowest BCUT2D eigenvalue weighted by atomic mass is 10.0. The number of alkyl halides is 3. The van der Waals surface area contributed by atoms with E-state index in [9.17, 15) is 18.0 Å². The number of nitrogens with zero attached hydrogens (tertiary/aromatic N) is 5. The molecule has 9 nitrogen and oxygen atoms in total. The molecule has 6 rings (SSSR count). The van der Waals surface area contributed by atoms with Crippen molar-refractivity contribution in [2.45, 2.75) is 13.1 Å². The van der Waals surface area contributed by atoms with E-state index in [2.05, 4.69) is 25.6 Å². The summed E-state index contributed by atoms with van der Waals surface area (Å²) in [6.07, 6.45) is 0.555. The monoisotopic (exact) mass is 587 g/mol. The Kier molecular flexibility index (Phi) is 7.45. The number of morpholine rings is 1. The number of anilines is 3. The largest absolute Gasteiger partial charge is 0.416 e. The van der Waals surface area contributed by atoms with Gasteiger partial charge >= 0.3 is 6.18 Å². The Morgan fingerprint density at radius 1 is 0.977 bits per heavy atom. The van der Waals surface area contributed by atoms with Crippen LogP contribution in [0.25, 0.3) is 28.0 Å². The summed E-state index contributed by atoms with van der Waals surface area (Å²) in [5, 5.41) is 6.70. The fraction of sp³-hybridized carbons (Fsp3) is 0.226. The molecule has 1 fully saturated rings. The smallest absolute Gasteiger partial charge is 0.378 e. The molecule has 0 spiro atoms. The normalized spacial score (nSPS) is 13.7. The average Bonchev–Trinajstić information content (AvgIpc) is 3.45. The van der Waals surface area contributed by atoms with Crippen molar-refractivity contribution in [3.05, 3.63) is 90.0 Å². The second kappa shape index (κ2) is 11.4. The molecule has 1 amide bonds. The summed E-state index contributed by atoms with van der Waals surface area (Å²) in [7, 11) is 1.78. The molecule has 0 radical (unpaired) electrons. The lowest BCUT2D eigenvalue weighted by molar-refractivity contribution is -0.137. The number of hydrogen-bond donors (Lipinski definition) is 2. The Labute approximate surface area is 245 Å². The number of hydrogen-bond acceptors (Lipinski definition) is 7. The number of carbonyl (C=O) groups excluding carboxylic acids is 1. The highest BCUT2D eigenvalue weighted by molar-refractivity contribution is 6.05. The van der Waals surface area contributed by atoms with Crippen LogP contribution in [-0.2, 0) is 10.9 Å². The number of pyridine rings is 1. The predicted molar refractivity (Wildman–Crippen MR) is 159 cm³/mol. The Hall–Kier alpha value is -4.97. The maximum atomic E-state index is 13.8. The third kappa shape index (κ3) is 5.86. The quantitative estimate of drug-likeness (QED) is 0.254. The van der Waals surface area contributed by atoms with Gasteiger partial charge in [-0.25, -0.2) is 9.97 Å². The SMILES string of the molecule is CNc1cc(-n2ccc3cnc(-c4cc(NC(=O)c5cc(N6CCOCC6)cc(C(F)(F)F)c5)ccc4C)cc32)ncn1. The number of fused-ring (bicyclic) bond motifs is 1. The first-order valence-electron chi connectivity index (χ1n) is 13.6. The first-order chi connectivity index (χ1) is 20.7. The average molecular weight is 588 g/mol. The van der Waals surface area contributed by atoms with Gasteiger partial charge in [0, 0.05) is 66.5 Å². The number of aromatic nitrogens is 4. The molecular weight excluding hydrogens is 559 g/mol. The summed E-state index contributed by atoms with van der Waals surface area (Å²) in [6.45, 7) is 3.63. The van der Waals surface area contributed by atoms with Gasteiger partial charge < -0.3 is 24.8 Å². The standard InChI is InChI=1S/C31H28F3N7O2/c1-19-3-4-23(39-30(42)21-11-22(31(32,33)34)13-24(12-21)40-7-9-43-10-8-40)14-25(19)26-15-27-20(17-36-26)5-6-41(27)29-16-28(35-2)37-18-38-29/h3-6,11-18H,7-10H2,1-2H3,(H,39,42)(H,35,37,38). The highest BCUT2D eigenvalue weighted by atomic mass is 19.4. The number of nitrogens with one attached hydrogen (secondary N) is 2. The Morgan fingerprint density at radius 2 is 1.79 bits per heavy atom. The van der Waals surface area contributed by atoms with Crippen LogP contribution >= 0.6 is 0 Å². The molecule has 5 aromatic rings. The molecule has 2 N–H and O–H groups in total. The number of rotatable bonds is 6. The van der Waals surface area contributed by atoms with Gasteiger partial charge in [0.15, 0.2) is 0 Å². The van der Waals surface area contributed by atoms with Crippen molar-refractivity contribution in [1.29, 1.82) is 0 Å². The molecule has 0 unspecified atom stereocenters. The van der Waals surface area contributed by atoms with Gasteiger partial charge in [-0.05, 0) is 55.0 Å². The highest BCUT2D eigenvalue weighted by Crippen LogP contribution is 2.34. The lowest BCUT2D eigenvalue weighted by Gasteiger charge is -2.29. The van der Waals surface area contributed by atoms with Gasteiger partial charge in [0.2, 0.25) is 0 Å². The summed E-state index contributed by atoms with van der Waals surface area (Å²) in [5.74, 6) is 0.719. The van der Waals surface area contributed by atoms with Crippen molar-refractivity contribution < 1.29 is 22.7 Å². The van der Waals surface area contributed by atoms with Crippen LogP contribution in [0.15, 0.2) is 73.3 Å². The lowest BCUT2D eigenvalue weighted by Crippen LogP contribution is -2.36. The van der Waals surface area contributed by atoms with Crippen molar-refractivity contribution in [3.8, 4) is 17.1 Å². The topological polar surface area (TPSA) is 97.2 Å². The Balaban J connectivity index is 1.32. The number of carbonyl (C=O) groups is 1. The van der Waals surface area contributed by atoms with E-state index in [0.717, 1.165) is 34.2 Å². The minimum atomic E-state index is -4.60. The molecule has 1 aliphatic heterocycles. The number of halogens is 3. The van der Waals surface area contributed by atoms with Gasteiger partial charge in [-0.2, -0.15) is 13.2 Å². The fourth-order valence-corrected chi connectivity index (χ4v) is 5.08. The van der Waals surface area contributed by atoms with Gasteiger partial charge in [-0.3, -0.25) is 9.78 Å². The minimum Gasteiger partial charge on any atom is -0.378 e. The van der Waals surface area contributed by atoms with Crippen molar-refractivity contribution in [2.75, 3.05) is 48.9 Å². The zero-order valence-electron chi connectivity index (χ0n) is 23.4. The van der Waals surface area contributed by atoms with Crippen molar-refractivity contribution in [3.63, 3.8) is 0 Å². The van der Waals surface area contributed by atoms with Crippen LogP contribution in [0.1, 0.15) is 21.5 Å². The first-order valence-corrected chi connectivity index (χ1v) is 13.6. The Morgan fingerprint density at radius 3 is 2.56 bits per heavy atom. The van der Waals surface area contributed by atoms with E-state index in [4.69, 9.17) is 4.74 Å². The summed E-state index contributed by atoms with van der Waals surface area (Å²) in [6, 6.07) is 14.5. The molecule has 220 valence electrons. The second-order valence-corrected chi connectivity index (χ2v) is 10.2. The van der Waals surface area contributed by atoms with E-state index in [1.807, 2.05) is 42.0 Å². The third-order valence-corrected chi connectivity index (χ3v) is 7.39. The van der Waals surface area contributed by atoms with Crippen molar-refractivity contribution in [1.82, 2.24) is 19.5 Å². The molecule has 43 heavy (non-hydrogen) atoms. The van der Waals surface area contributed by atoms with Crippen LogP contribution in [0.3, 0.4) is 0 Å². The van der Waals surface area contributed by atoms with Crippen LogP contribution in [-0.4, -0.2) is 58.8 Å². The molecule has 0 bridgehead atoms. The van der Waals surface area contributed by atoms with E-state index >= 15 is 0 Å². The number of benzene rings is 2. The summed E-state index contributed by atoms with van der Waals surface area (Å²) >= 11 is 0. The maximum absolute atomic E-state index is 13.8. The number of amides is 1. The fourth-order valence-electron chi connectivity index (χ4n) is 5.08. The zero-order chi connectivity index (χ0) is 30.1. The summed E-state index contributed by atoms with van der Waals surface area (Å²) < 4.78 is 48.5. The molecule has 0 saturated carbocycles. The highest BCUT2D eigenvalue weighted by Gasteiger charge is 2.32. The van der Waals surface area contributed by atoms with E-state index in [1.165, 1.54) is 12.4 Å². The van der Waals surface area contributed by atoms with Crippen LogP contribution < -0.4 is 15.5 Å². The van der Waals surface area contributed by atoms with E-state index in [1.54, 1.807) is 30.3 Å². The van der Waals surface area contributed by atoms with E-state index in [-0.39, 0.29) is 5.56 Å². The summed E-state index contributed by atoms with van der Waals surface area (Å²) in [4.78, 5) is 28.3. The van der Waals surface area contributed by atoms with Gasteiger partial charge in [-0.1, -0.05) is 6.07 Å². The van der Waals surface area contributed by atoms with Gasteiger partial charge in [0.1, 0.15) is 18.0 Å². The first kappa shape index (κ1) is 28.2. The van der Waals surface area contributed by atoms with Crippen LogP contribution in [0.2, 0.25) is 0 Å². The molecule has 1 aliphatic rings. The maximum Gasteiger partial charge on any atom is 0.416 e. The minimum absolute atomic E-state index is 0.0818. The molecular formula is C31H28F3N7O2. The van der Waals surface area contributed by atoms with E-state index in [0.29, 0.717) is 55.0 Å². The van der Waals surface area contributed by atoms with E-state index < -0.39 is 17.6 Å². The summed E-state index contributed by atoms with van der Waals surface area (Å²) in [5.41, 5.74) is 3.03. The number of aryl methyl sites for hydroxylation is 1. The van der Waals surface area contributed by atoms with Crippen molar-refractivity contribution in [2.24, 2.45) is 0 Å². The third-order valence-electron chi connectivity index (χ3n) is 7.39. The molecule has 3 aromatic heterocycles. The van der Waals surface area contributed by atoms with Crippen LogP contribution in [0.5, 0.6) is 0 Å². The van der Waals surface area contributed by atoms with Gasteiger partial charge in [0.25, 0.3) is 5.91 Å². The van der Waals surface area contributed by atoms with Crippen molar-refractivity contribution >= 4 is 34.0 Å². The molecule has 4 heterocycles. The van der Waals surface area contributed by atoms with Gasteiger partial charge in [-0.15, -0.1) is 0 Å². The predicted octanol–water partition coefficient (Wildman–Crippen LogP) is 5.94. The second-order valence-electron chi connectivity index (χ2n) is 10.2. The van der Waals surface area contributed by atoms with Crippen LogP contribution in [0.4, 0.5) is 30.4 Å². The van der Waals surface area contributed by atoms with Gasteiger partial charge in [0.05, 0.1) is 30.0 Å². The molecule has 2 aromatic carbocycles. The molecule has 0 aliphatic carbocycles. The number of ether oxygens (including phenoxy) is 1. The Bertz CT molecular complexity index is 1810. The molecule has 0 atom stereocenters. The van der Waals surface area contributed by atoms with Crippen LogP contribution in [0, 0.1) is 6.92 Å². The molecule has 12 heteroatoms. The zero-order valence-corrected chi connectivity index (χ0v) is 23.4. The molecule has 1 saturated heterocycles.